The number of hydrogen-bond acceptors (Lipinski definition) is 2. The van der Waals surface area contributed by atoms with Gasteiger partial charge in [-0.25, -0.2) is 0 Å². The fourth-order valence-corrected chi connectivity index (χ4v) is 1.75. The van der Waals surface area contributed by atoms with Crippen LogP contribution in [0.15, 0.2) is 30.9 Å². The molecule has 82 valence electrons. The van der Waals surface area contributed by atoms with Crippen molar-refractivity contribution in [2.24, 2.45) is 0 Å². The molecule has 16 heavy (non-hydrogen) atoms. The van der Waals surface area contributed by atoms with Crippen molar-refractivity contribution in [1.29, 1.82) is 0 Å². The summed E-state index contributed by atoms with van der Waals surface area (Å²) in [5, 5.41) is 0. The summed E-state index contributed by atoms with van der Waals surface area (Å²) < 4.78 is 10.6. The molecule has 0 saturated carbocycles. The van der Waals surface area contributed by atoms with Gasteiger partial charge in [0.2, 0.25) is 6.79 Å². The highest BCUT2D eigenvalue weighted by Gasteiger charge is 2.16. The van der Waals surface area contributed by atoms with E-state index in [0.29, 0.717) is 6.79 Å². The Hall–Kier alpha value is -1.88. The molecule has 0 bridgehead atoms. The van der Waals surface area contributed by atoms with Crippen molar-refractivity contribution in [3.8, 4) is 23.3 Å². The Morgan fingerprint density at radius 2 is 2.25 bits per heavy atom. The third kappa shape index (κ3) is 2.04. The minimum Gasteiger partial charge on any atom is -0.454 e. The van der Waals surface area contributed by atoms with Gasteiger partial charge in [0, 0.05) is 5.92 Å². The van der Waals surface area contributed by atoms with Gasteiger partial charge >= 0.3 is 0 Å². The molecular formula is C14H14O2. The quantitative estimate of drug-likeness (QED) is 0.568. The monoisotopic (exact) mass is 214 g/mol. The zero-order valence-electron chi connectivity index (χ0n) is 9.32. The molecule has 0 fully saturated rings. The number of fused-ring (bicyclic) bond motifs is 1. The predicted octanol–water partition coefficient (Wildman–Crippen LogP) is 3.10. The van der Waals surface area contributed by atoms with E-state index in [2.05, 4.69) is 18.4 Å². The van der Waals surface area contributed by atoms with Crippen molar-refractivity contribution < 1.29 is 9.47 Å². The van der Waals surface area contributed by atoms with Crippen LogP contribution >= 0.6 is 0 Å². The molecule has 1 atom stereocenters. The van der Waals surface area contributed by atoms with Crippen LogP contribution in [0.2, 0.25) is 0 Å². The van der Waals surface area contributed by atoms with E-state index >= 15 is 0 Å². The number of rotatable bonds is 3. The largest absolute Gasteiger partial charge is 0.454 e. The van der Waals surface area contributed by atoms with Gasteiger partial charge < -0.3 is 9.47 Å². The van der Waals surface area contributed by atoms with Crippen LogP contribution in [0.4, 0.5) is 0 Å². The van der Waals surface area contributed by atoms with Gasteiger partial charge in [-0.15, -0.1) is 12.5 Å². The van der Waals surface area contributed by atoms with E-state index in [9.17, 15) is 0 Å². The molecule has 2 rings (SSSR count). The van der Waals surface area contributed by atoms with Crippen LogP contribution in [0.25, 0.3) is 0 Å². The SMILES string of the molecule is C=CCC(C#CC)c1ccc2c(c1)OCO2. The highest BCUT2D eigenvalue weighted by molar-refractivity contribution is 5.46. The Bertz CT molecular complexity index is 452. The van der Waals surface area contributed by atoms with Crippen LogP contribution in [0.1, 0.15) is 24.8 Å². The standard InChI is InChI=1S/C14H14O2/c1-3-5-11(6-4-2)12-7-8-13-14(9-12)16-10-15-13/h3,7-9,11H,1,5,10H2,2H3. The Balaban J connectivity index is 2.30. The maximum atomic E-state index is 5.35. The van der Waals surface area contributed by atoms with E-state index < -0.39 is 0 Å². The molecule has 1 aromatic rings. The Morgan fingerprint density at radius 1 is 1.44 bits per heavy atom. The molecule has 0 N–H and O–H groups in total. The first-order valence-electron chi connectivity index (χ1n) is 5.28. The van der Waals surface area contributed by atoms with E-state index in [1.165, 1.54) is 0 Å². The summed E-state index contributed by atoms with van der Waals surface area (Å²) >= 11 is 0. The minimum absolute atomic E-state index is 0.192. The lowest BCUT2D eigenvalue weighted by atomic mass is 9.96. The highest BCUT2D eigenvalue weighted by atomic mass is 16.7. The first-order valence-corrected chi connectivity index (χ1v) is 5.28. The molecule has 1 aliphatic heterocycles. The smallest absolute Gasteiger partial charge is 0.231 e. The van der Waals surface area contributed by atoms with Crippen LogP contribution in [0.5, 0.6) is 11.5 Å². The van der Waals surface area contributed by atoms with Gasteiger partial charge in [0.05, 0.1) is 0 Å². The minimum atomic E-state index is 0.192. The second-order valence-corrected chi connectivity index (χ2v) is 3.58. The lowest BCUT2D eigenvalue weighted by Crippen LogP contribution is -1.94. The van der Waals surface area contributed by atoms with Crippen molar-refractivity contribution in [3.05, 3.63) is 36.4 Å². The fourth-order valence-electron chi connectivity index (χ4n) is 1.75. The molecule has 0 amide bonds. The Labute approximate surface area is 95.9 Å². The lowest BCUT2D eigenvalue weighted by Gasteiger charge is -2.09. The molecule has 1 heterocycles. The molecular weight excluding hydrogens is 200 g/mol. The first-order chi connectivity index (χ1) is 7.85. The van der Waals surface area contributed by atoms with Gasteiger partial charge in [0.25, 0.3) is 0 Å². The van der Waals surface area contributed by atoms with Gasteiger partial charge in [-0.1, -0.05) is 18.1 Å². The van der Waals surface area contributed by atoms with Crippen LogP contribution in [0.3, 0.4) is 0 Å². The lowest BCUT2D eigenvalue weighted by molar-refractivity contribution is 0.174. The summed E-state index contributed by atoms with van der Waals surface area (Å²) in [7, 11) is 0. The summed E-state index contributed by atoms with van der Waals surface area (Å²) in [6, 6.07) is 5.97. The van der Waals surface area contributed by atoms with Gasteiger partial charge in [0.15, 0.2) is 11.5 Å². The van der Waals surface area contributed by atoms with Crippen molar-refractivity contribution in [2.75, 3.05) is 6.79 Å². The summed E-state index contributed by atoms with van der Waals surface area (Å²) in [4.78, 5) is 0. The zero-order valence-corrected chi connectivity index (χ0v) is 9.32. The topological polar surface area (TPSA) is 18.5 Å². The molecule has 0 radical (unpaired) electrons. The normalized spacial score (nSPS) is 13.8. The molecule has 0 aromatic heterocycles. The van der Waals surface area contributed by atoms with Crippen LogP contribution in [-0.2, 0) is 0 Å². The van der Waals surface area contributed by atoms with Gasteiger partial charge in [-0.05, 0) is 31.0 Å². The summed E-state index contributed by atoms with van der Waals surface area (Å²) in [6.07, 6.45) is 2.74. The molecule has 2 nitrogen and oxygen atoms in total. The molecule has 1 aromatic carbocycles. The number of benzene rings is 1. The Kier molecular flexibility index (Phi) is 3.16. The molecule has 0 spiro atoms. The van der Waals surface area contributed by atoms with Gasteiger partial charge in [0.1, 0.15) is 0 Å². The van der Waals surface area contributed by atoms with E-state index in [1.807, 2.05) is 31.2 Å². The summed E-state index contributed by atoms with van der Waals surface area (Å²) in [6.45, 7) is 5.92. The molecule has 1 unspecified atom stereocenters. The van der Waals surface area contributed by atoms with E-state index in [4.69, 9.17) is 9.47 Å². The average molecular weight is 214 g/mol. The van der Waals surface area contributed by atoms with Gasteiger partial charge in [-0.3, -0.25) is 0 Å². The third-order valence-electron chi connectivity index (χ3n) is 2.52. The maximum absolute atomic E-state index is 5.35. The van der Waals surface area contributed by atoms with Crippen molar-refractivity contribution >= 4 is 0 Å². The van der Waals surface area contributed by atoms with E-state index in [-0.39, 0.29) is 5.92 Å². The Morgan fingerprint density at radius 3 is 3.00 bits per heavy atom. The molecule has 0 saturated heterocycles. The number of ether oxygens (including phenoxy) is 2. The summed E-state index contributed by atoms with van der Waals surface area (Å²) in [5.74, 6) is 7.93. The third-order valence-corrected chi connectivity index (χ3v) is 2.52. The average Bonchev–Trinajstić information content (AvgIpc) is 2.75. The van der Waals surface area contributed by atoms with Crippen molar-refractivity contribution in [2.45, 2.75) is 19.3 Å². The zero-order chi connectivity index (χ0) is 11.4. The number of hydrogen-bond donors (Lipinski definition) is 0. The fraction of sp³-hybridized carbons (Fsp3) is 0.286. The van der Waals surface area contributed by atoms with E-state index in [1.54, 1.807) is 0 Å². The van der Waals surface area contributed by atoms with Crippen LogP contribution in [0, 0.1) is 11.8 Å². The second-order valence-electron chi connectivity index (χ2n) is 3.58. The van der Waals surface area contributed by atoms with Crippen molar-refractivity contribution in [3.63, 3.8) is 0 Å². The predicted molar refractivity (Wildman–Crippen MR) is 63.6 cm³/mol. The number of allylic oxidation sites excluding steroid dienone is 1. The maximum Gasteiger partial charge on any atom is 0.231 e. The summed E-state index contributed by atoms with van der Waals surface area (Å²) in [5.41, 5.74) is 1.15. The second kappa shape index (κ2) is 4.76. The molecule has 0 aliphatic carbocycles. The molecule has 2 heteroatoms. The molecule has 1 aliphatic rings. The van der Waals surface area contributed by atoms with E-state index in [0.717, 1.165) is 23.5 Å². The first kappa shape index (κ1) is 10.6. The van der Waals surface area contributed by atoms with Crippen LogP contribution in [-0.4, -0.2) is 6.79 Å². The van der Waals surface area contributed by atoms with Crippen molar-refractivity contribution in [1.82, 2.24) is 0 Å². The van der Waals surface area contributed by atoms with Crippen LogP contribution < -0.4 is 9.47 Å². The van der Waals surface area contributed by atoms with Gasteiger partial charge in [-0.2, -0.15) is 0 Å². The highest BCUT2D eigenvalue weighted by Crippen LogP contribution is 2.35.